The number of halogens is 1. The first-order valence-electron chi connectivity index (χ1n) is 9.59. The first-order valence-corrected chi connectivity index (χ1v) is 9.59. The molecule has 152 valence electrons. The number of nitrogens with one attached hydrogen (secondary N) is 1. The third-order valence-electron chi connectivity index (χ3n) is 5.17. The van der Waals surface area contributed by atoms with Crippen LogP contribution in [0.4, 0.5) is 10.1 Å². The van der Waals surface area contributed by atoms with Crippen LogP contribution in [0.25, 0.3) is 0 Å². The molecule has 28 heavy (non-hydrogen) atoms. The van der Waals surface area contributed by atoms with Crippen molar-refractivity contribution in [3.8, 4) is 0 Å². The molecule has 1 aliphatic rings. The smallest absolute Gasteiger partial charge is 0.193 e. The van der Waals surface area contributed by atoms with Gasteiger partial charge in [0, 0.05) is 64.3 Å². The quantitative estimate of drug-likeness (QED) is 0.623. The van der Waals surface area contributed by atoms with Crippen LogP contribution in [0.15, 0.2) is 41.7 Å². The van der Waals surface area contributed by atoms with E-state index in [0.29, 0.717) is 0 Å². The summed E-state index contributed by atoms with van der Waals surface area (Å²) in [5.41, 5.74) is 2.24. The van der Waals surface area contributed by atoms with E-state index in [1.807, 2.05) is 37.1 Å². The molecule has 1 atom stereocenters. The van der Waals surface area contributed by atoms with Crippen LogP contribution in [0, 0.1) is 5.82 Å². The van der Waals surface area contributed by atoms with Crippen molar-refractivity contribution in [1.82, 2.24) is 24.9 Å². The van der Waals surface area contributed by atoms with Gasteiger partial charge in [-0.2, -0.15) is 5.10 Å². The molecule has 8 heteroatoms. The summed E-state index contributed by atoms with van der Waals surface area (Å²) in [5.74, 6) is 0.713. The maximum absolute atomic E-state index is 13.1. The Bertz CT molecular complexity index is 776. The molecule has 0 radical (unpaired) electrons. The van der Waals surface area contributed by atoms with Gasteiger partial charge in [-0.15, -0.1) is 0 Å². The van der Waals surface area contributed by atoms with Crippen LogP contribution in [0.5, 0.6) is 0 Å². The molecule has 1 aliphatic heterocycles. The minimum absolute atomic E-state index is 0.198. The maximum Gasteiger partial charge on any atom is 0.193 e. The zero-order chi connectivity index (χ0) is 20.1. The molecule has 0 spiro atoms. The molecule has 1 fully saturated rings. The Balaban J connectivity index is 1.56. The van der Waals surface area contributed by atoms with Gasteiger partial charge in [0.15, 0.2) is 5.96 Å². The van der Waals surface area contributed by atoms with Crippen molar-refractivity contribution in [3.63, 3.8) is 0 Å². The first-order chi connectivity index (χ1) is 13.5. The third-order valence-corrected chi connectivity index (χ3v) is 5.17. The summed E-state index contributed by atoms with van der Waals surface area (Å²) in [6.07, 6.45) is 3.97. The van der Waals surface area contributed by atoms with Gasteiger partial charge in [0.2, 0.25) is 0 Å². The number of anilines is 1. The van der Waals surface area contributed by atoms with Crippen molar-refractivity contribution in [3.05, 3.63) is 48.0 Å². The fourth-order valence-electron chi connectivity index (χ4n) is 3.56. The molecular formula is C20H30FN7. The second-order valence-corrected chi connectivity index (χ2v) is 7.31. The van der Waals surface area contributed by atoms with Crippen molar-refractivity contribution < 1.29 is 4.39 Å². The van der Waals surface area contributed by atoms with Crippen molar-refractivity contribution in [1.29, 1.82) is 0 Å². The second-order valence-electron chi connectivity index (χ2n) is 7.31. The summed E-state index contributed by atoms with van der Waals surface area (Å²) in [5, 5.41) is 7.81. The van der Waals surface area contributed by atoms with E-state index >= 15 is 0 Å². The van der Waals surface area contributed by atoms with Gasteiger partial charge in [0.25, 0.3) is 0 Å². The molecule has 2 aromatic rings. The van der Waals surface area contributed by atoms with Gasteiger partial charge >= 0.3 is 0 Å². The molecular weight excluding hydrogens is 357 g/mol. The average Bonchev–Trinajstić information content (AvgIpc) is 3.12. The van der Waals surface area contributed by atoms with Crippen LogP contribution in [-0.2, 0) is 7.05 Å². The molecule has 0 saturated carbocycles. The van der Waals surface area contributed by atoms with Gasteiger partial charge in [0.05, 0.1) is 12.2 Å². The zero-order valence-electron chi connectivity index (χ0n) is 17.1. The van der Waals surface area contributed by atoms with Gasteiger partial charge < -0.3 is 20.0 Å². The Hall–Kier alpha value is -2.61. The number of guanidine groups is 1. The Labute approximate surface area is 166 Å². The van der Waals surface area contributed by atoms with Crippen molar-refractivity contribution >= 4 is 11.6 Å². The standard InChI is InChI=1S/C20H30FN7/c1-22-20(23-14-19(25(2)3)16-13-24-26(4)15-16)28-11-9-27(10-12-28)18-7-5-17(21)6-8-18/h5-8,13,15,19H,9-12,14H2,1-4H3,(H,22,23). The van der Waals surface area contributed by atoms with E-state index in [1.54, 1.807) is 0 Å². The van der Waals surface area contributed by atoms with E-state index in [4.69, 9.17) is 0 Å². The zero-order valence-corrected chi connectivity index (χ0v) is 17.1. The van der Waals surface area contributed by atoms with Gasteiger partial charge in [0.1, 0.15) is 5.82 Å². The number of benzene rings is 1. The number of aryl methyl sites for hydroxylation is 1. The number of piperazine rings is 1. The highest BCUT2D eigenvalue weighted by atomic mass is 19.1. The highest BCUT2D eigenvalue weighted by Gasteiger charge is 2.22. The molecule has 1 aromatic carbocycles. The third kappa shape index (κ3) is 4.81. The van der Waals surface area contributed by atoms with E-state index in [9.17, 15) is 4.39 Å². The topological polar surface area (TPSA) is 51.9 Å². The molecule has 0 bridgehead atoms. The predicted octanol–water partition coefficient (Wildman–Crippen LogP) is 1.56. The predicted molar refractivity (Wildman–Crippen MR) is 111 cm³/mol. The number of likely N-dealkylation sites (N-methyl/N-ethyl adjacent to an activating group) is 1. The van der Waals surface area contributed by atoms with Gasteiger partial charge in [-0.25, -0.2) is 4.39 Å². The first kappa shape index (κ1) is 20.1. The number of nitrogens with zero attached hydrogens (tertiary/aromatic N) is 6. The molecule has 3 rings (SSSR count). The van der Waals surface area contributed by atoms with Gasteiger partial charge in [-0.1, -0.05) is 0 Å². The van der Waals surface area contributed by atoms with E-state index in [-0.39, 0.29) is 11.9 Å². The van der Waals surface area contributed by atoms with E-state index in [1.165, 1.54) is 17.7 Å². The fraction of sp³-hybridized carbons (Fsp3) is 0.500. The highest BCUT2D eigenvalue weighted by molar-refractivity contribution is 5.80. The fourth-order valence-corrected chi connectivity index (χ4v) is 3.56. The van der Waals surface area contributed by atoms with Gasteiger partial charge in [-0.05, 0) is 38.4 Å². The summed E-state index contributed by atoms with van der Waals surface area (Å²) >= 11 is 0. The second kappa shape index (κ2) is 9.05. The monoisotopic (exact) mass is 387 g/mol. The molecule has 1 unspecified atom stereocenters. The molecule has 7 nitrogen and oxygen atoms in total. The molecule has 1 N–H and O–H groups in total. The van der Waals surface area contributed by atoms with Crippen molar-refractivity contribution in [2.75, 3.05) is 58.8 Å². The summed E-state index contributed by atoms with van der Waals surface area (Å²) in [4.78, 5) is 11.2. The Morgan fingerprint density at radius 3 is 2.43 bits per heavy atom. The van der Waals surface area contributed by atoms with E-state index < -0.39 is 0 Å². The molecule has 1 aromatic heterocycles. The minimum atomic E-state index is -0.198. The van der Waals surface area contributed by atoms with Crippen LogP contribution in [0.3, 0.4) is 0 Å². The molecule has 1 saturated heterocycles. The van der Waals surface area contributed by atoms with Crippen molar-refractivity contribution in [2.45, 2.75) is 6.04 Å². The lowest BCUT2D eigenvalue weighted by Gasteiger charge is -2.38. The minimum Gasteiger partial charge on any atom is -0.368 e. The number of rotatable bonds is 5. The van der Waals surface area contributed by atoms with E-state index in [2.05, 4.69) is 50.4 Å². The SMILES string of the molecule is CN=C(NCC(c1cnn(C)c1)N(C)C)N1CCN(c2ccc(F)cc2)CC1. The average molecular weight is 388 g/mol. The number of hydrogen-bond acceptors (Lipinski definition) is 4. The lowest BCUT2D eigenvalue weighted by atomic mass is 10.1. The molecule has 0 amide bonds. The lowest BCUT2D eigenvalue weighted by Crippen LogP contribution is -2.53. The highest BCUT2D eigenvalue weighted by Crippen LogP contribution is 2.18. The van der Waals surface area contributed by atoms with Crippen LogP contribution < -0.4 is 10.2 Å². The summed E-state index contributed by atoms with van der Waals surface area (Å²) in [6, 6.07) is 6.93. The van der Waals surface area contributed by atoms with Crippen LogP contribution in [0.2, 0.25) is 0 Å². The largest absolute Gasteiger partial charge is 0.368 e. The normalized spacial score (nSPS) is 16.6. The maximum atomic E-state index is 13.1. The van der Waals surface area contributed by atoms with Crippen LogP contribution >= 0.6 is 0 Å². The lowest BCUT2D eigenvalue weighted by molar-refractivity contribution is 0.292. The number of hydrogen-bond donors (Lipinski definition) is 1. The molecule has 0 aliphatic carbocycles. The Kier molecular flexibility index (Phi) is 6.51. The van der Waals surface area contributed by atoms with Crippen LogP contribution in [0.1, 0.15) is 11.6 Å². The molecule has 2 heterocycles. The van der Waals surface area contributed by atoms with Crippen molar-refractivity contribution in [2.24, 2.45) is 12.0 Å². The summed E-state index contributed by atoms with van der Waals surface area (Å²) < 4.78 is 15.0. The summed E-state index contributed by atoms with van der Waals surface area (Å²) in [7, 11) is 7.90. The number of aliphatic imine (C=N–C) groups is 1. The Morgan fingerprint density at radius 2 is 1.89 bits per heavy atom. The number of aromatic nitrogens is 2. The van der Waals surface area contributed by atoms with E-state index in [0.717, 1.165) is 44.4 Å². The van der Waals surface area contributed by atoms with Crippen LogP contribution in [-0.4, -0.2) is 79.4 Å². The summed E-state index contributed by atoms with van der Waals surface area (Å²) in [6.45, 7) is 4.26. The Morgan fingerprint density at radius 1 is 1.21 bits per heavy atom. The van der Waals surface area contributed by atoms with Gasteiger partial charge in [-0.3, -0.25) is 9.67 Å².